The zero-order valence-electron chi connectivity index (χ0n) is 21.1. The molecule has 0 aromatic heterocycles. The number of nitro groups is 1. The number of non-ortho nitro benzene ring substituents is 1. The number of nitrogens with zero attached hydrogens (tertiary/aromatic N) is 2. The lowest BCUT2D eigenvalue weighted by atomic mass is 9.99. The number of anilines is 3. The number of carbonyl (C=O) groups is 2. The number of hydrogen-bond donors (Lipinski definition) is 2. The molecule has 0 atom stereocenters. The molecule has 0 aliphatic carbocycles. The third kappa shape index (κ3) is 5.05. The number of rotatable bonds is 7. The molecule has 4 aromatic rings. The van der Waals surface area contributed by atoms with Crippen molar-refractivity contribution in [3.05, 3.63) is 124 Å². The van der Waals surface area contributed by atoms with Crippen LogP contribution in [0.25, 0.3) is 11.3 Å². The van der Waals surface area contributed by atoms with Crippen LogP contribution in [-0.4, -0.2) is 25.2 Å². The summed E-state index contributed by atoms with van der Waals surface area (Å²) in [5.41, 5.74) is 2.12. The third-order valence-electron chi connectivity index (χ3n) is 6.21. The maximum atomic E-state index is 13.6. The number of sulfonamides is 1. The molecular formula is C29H22N4O6S. The summed E-state index contributed by atoms with van der Waals surface area (Å²) in [7, 11) is -3.79. The number of benzene rings is 4. The van der Waals surface area contributed by atoms with Crippen molar-refractivity contribution in [1.82, 2.24) is 0 Å². The van der Waals surface area contributed by atoms with Crippen LogP contribution in [0.1, 0.15) is 18.1 Å². The average molecular weight is 555 g/mol. The predicted octanol–water partition coefficient (Wildman–Crippen LogP) is 5.27. The molecule has 0 unspecified atom stereocenters. The highest BCUT2D eigenvalue weighted by molar-refractivity contribution is 7.92. The molecule has 200 valence electrons. The Morgan fingerprint density at radius 3 is 2.05 bits per heavy atom. The predicted molar refractivity (Wildman–Crippen MR) is 152 cm³/mol. The van der Waals surface area contributed by atoms with Gasteiger partial charge in [-0.05, 0) is 48.0 Å². The maximum Gasteiger partial charge on any atom is 0.270 e. The van der Waals surface area contributed by atoms with Crippen molar-refractivity contribution >= 4 is 55.9 Å². The van der Waals surface area contributed by atoms with Crippen molar-refractivity contribution in [2.45, 2.75) is 11.8 Å². The summed E-state index contributed by atoms with van der Waals surface area (Å²) in [6.07, 6.45) is 0. The Labute approximate surface area is 229 Å². The largest absolute Gasteiger partial charge is 0.354 e. The lowest BCUT2D eigenvalue weighted by molar-refractivity contribution is -0.384. The summed E-state index contributed by atoms with van der Waals surface area (Å²) in [6, 6.07) is 27.1. The SMILES string of the molecule is CC(=O)N1C(=O)C(=C(Nc2ccc(NS(=O)(=O)c3ccccc3)cc2)c2ccccc2)c2cc([N+](=O)[O-])ccc21. The normalized spacial score (nSPS) is 13.9. The first-order valence-electron chi connectivity index (χ1n) is 12.0. The number of imide groups is 1. The highest BCUT2D eigenvalue weighted by Gasteiger charge is 2.38. The minimum absolute atomic E-state index is 0.0916. The first kappa shape index (κ1) is 26.3. The lowest BCUT2D eigenvalue weighted by Gasteiger charge is -2.16. The van der Waals surface area contributed by atoms with Gasteiger partial charge in [0.15, 0.2) is 0 Å². The molecule has 1 aliphatic rings. The molecule has 1 aliphatic heterocycles. The zero-order chi connectivity index (χ0) is 28.4. The molecule has 0 radical (unpaired) electrons. The van der Waals surface area contributed by atoms with Gasteiger partial charge in [-0.15, -0.1) is 0 Å². The molecule has 2 N–H and O–H groups in total. The van der Waals surface area contributed by atoms with Gasteiger partial charge in [0.1, 0.15) is 0 Å². The highest BCUT2D eigenvalue weighted by atomic mass is 32.2. The minimum Gasteiger partial charge on any atom is -0.354 e. The molecule has 0 saturated carbocycles. The van der Waals surface area contributed by atoms with Crippen LogP contribution >= 0.6 is 0 Å². The molecule has 4 aromatic carbocycles. The second-order valence-electron chi connectivity index (χ2n) is 8.86. The van der Waals surface area contributed by atoms with Crippen molar-refractivity contribution in [2.24, 2.45) is 0 Å². The second-order valence-corrected chi connectivity index (χ2v) is 10.5. The molecule has 0 fully saturated rings. The molecule has 0 saturated heterocycles. The van der Waals surface area contributed by atoms with Gasteiger partial charge in [-0.2, -0.15) is 0 Å². The van der Waals surface area contributed by atoms with E-state index in [-0.39, 0.29) is 27.4 Å². The van der Waals surface area contributed by atoms with E-state index >= 15 is 0 Å². The quantitative estimate of drug-likeness (QED) is 0.180. The number of carbonyl (C=O) groups excluding carboxylic acids is 2. The van der Waals surface area contributed by atoms with Crippen molar-refractivity contribution in [3.8, 4) is 0 Å². The van der Waals surface area contributed by atoms with E-state index in [1.54, 1.807) is 72.8 Å². The lowest BCUT2D eigenvalue weighted by Crippen LogP contribution is -2.31. The van der Waals surface area contributed by atoms with Gasteiger partial charge in [-0.1, -0.05) is 48.5 Å². The Morgan fingerprint density at radius 2 is 1.45 bits per heavy atom. The van der Waals surface area contributed by atoms with Gasteiger partial charge in [0, 0.05) is 36.0 Å². The third-order valence-corrected chi connectivity index (χ3v) is 7.60. The minimum atomic E-state index is -3.79. The van der Waals surface area contributed by atoms with Crippen LogP contribution in [0.5, 0.6) is 0 Å². The van der Waals surface area contributed by atoms with Crippen molar-refractivity contribution < 1.29 is 22.9 Å². The van der Waals surface area contributed by atoms with Gasteiger partial charge in [0.2, 0.25) is 5.91 Å². The molecule has 40 heavy (non-hydrogen) atoms. The van der Waals surface area contributed by atoms with Crippen LogP contribution in [0.15, 0.2) is 108 Å². The van der Waals surface area contributed by atoms with E-state index < -0.39 is 26.8 Å². The molecule has 5 rings (SSSR count). The van der Waals surface area contributed by atoms with Gasteiger partial charge >= 0.3 is 0 Å². The van der Waals surface area contributed by atoms with E-state index in [4.69, 9.17) is 0 Å². The standard InChI is InChI=1S/C29H22N4O6S/c1-19(34)32-26-17-16-23(33(36)37)18-25(26)27(29(32)35)28(20-8-4-2-5-9-20)30-21-12-14-22(15-13-21)31-40(38,39)24-10-6-3-7-11-24/h2-18,30-31H,1H3. The van der Waals surface area contributed by atoms with Gasteiger partial charge in [0.05, 0.1) is 26.8 Å². The number of fused-ring (bicyclic) bond motifs is 1. The summed E-state index contributed by atoms with van der Waals surface area (Å²) in [5.74, 6) is -1.15. The Hall–Kier alpha value is -5.29. The van der Waals surface area contributed by atoms with Crippen LogP contribution in [-0.2, 0) is 19.6 Å². The molecule has 0 spiro atoms. The summed E-state index contributed by atoms with van der Waals surface area (Å²) in [5, 5.41) is 14.7. The van der Waals surface area contributed by atoms with Crippen LogP contribution in [0, 0.1) is 10.1 Å². The highest BCUT2D eigenvalue weighted by Crippen LogP contribution is 2.43. The fourth-order valence-electron chi connectivity index (χ4n) is 4.39. The van der Waals surface area contributed by atoms with Crippen molar-refractivity contribution in [1.29, 1.82) is 0 Å². The number of nitro benzene ring substituents is 1. The summed E-state index contributed by atoms with van der Waals surface area (Å²) >= 11 is 0. The van der Waals surface area contributed by atoms with E-state index in [1.807, 2.05) is 0 Å². The fraction of sp³-hybridized carbons (Fsp3) is 0.0345. The van der Waals surface area contributed by atoms with Crippen LogP contribution in [0.4, 0.5) is 22.7 Å². The average Bonchev–Trinajstić information content (AvgIpc) is 3.24. The number of nitrogens with one attached hydrogen (secondary N) is 2. The smallest absolute Gasteiger partial charge is 0.270 e. The molecule has 11 heteroatoms. The summed E-state index contributed by atoms with van der Waals surface area (Å²) < 4.78 is 27.9. The Kier molecular flexibility index (Phi) is 6.89. The fourth-order valence-corrected chi connectivity index (χ4v) is 5.47. The molecule has 10 nitrogen and oxygen atoms in total. The van der Waals surface area contributed by atoms with Gasteiger partial charge in [0.25, 0.3) is 21.6 Å². The first-order valence-corrected chi connectivity index (χ1v) is 13.5. The zero-order valence-corrected chi connectivity index (χ0v) is 21.9. The Bertz CT molecular complexity index is 1770. The van der Waals surface area contributed by atoms with Gasteiger partial charge < -0.3 is 5.32 Å². The summed E-state index contributed by atoms with van der Waals surface area (Å²) in [4.78, 5) is 38.1. The molecule has 2 amide bonds. The Balaban J connectivity index is 1.57. The Morgan fingerprint density at radius 1 is 0.850 bits per heavy atom. The molecule has 1 heterocycles. The molecular weight excluding hydrogens is 532 g/mol. The summed E-state index contributed by atoms with van der Waals surface area (Å²) in [6.45, 7) is 1.25. The van der Waals surface area contributed by atoms with E-state index in [2.05, 4.69) is 10.0 Å². The van der Waals surface area contributed by atoms with Crippen molar-refractivity contribution in [2.75, 3.05) is 14.9 Å². The van der Waals surface area contributed by atoms with E-state index in [0.29, 0.717) is 22.6 Å². The van der Waals surface area contributed by atoms with E-state index in [9.17, 15) is 28.1 Å². The molecule has 0 bridgehead atoms. The first-order chi connectivity index (χ1) is 19.2. The topological polar surface area (TPSA) is 139 Å². The number of hydrogen-bond acceptors (Lipinski definition) is 7. The maximum absolute atomic E-state index is 13.6. The van der Waals surface area contributed by atoms with Gasteiger partial charge in [-0.3, -0.25) is 24.4 Å². The van der Waals surface area contributed by atoms with E-state index in [1.165, 1.54) is 37.3 Å². The second kappa shape index (κ2) is 10.5. The van der Waals surface area contributed by atoms with E-state index in [0.717, 1.165) is 4.90 Å². The van der Waals surface area contributed by atoms with Gasteiger partial charge in [-0.25, -0.2) is 13.3 Å². The monoisotopic (exact) mass is 554 g/mol. The van der Waals surface area contributed by atoms with Crippen LogP contribution < -0.4 is 14.9 Å². The number of amides is 2. The van der Waals surface area contributed by atoms with Crippen LogP contribution in [0.2, 0.25) is 0 Å². The van der Waals surface area contributed by atoms with Crippen molar-refractivity contribution in [3.63, 3.8) is 0 Å². The van der Waals surface area contributed by atoms with Crippen LogP contribution in [0.3, 0.4) is 0 Å².